The quantitative estimate of drug-likeness (QED) is 0.0416. The maximum absolute atomic E-state index is 12.6. The number of unbranched alkanes of at least 4 members (excludes halogenated alkanes) is 14. The van der Waals surface area contributed by atoms with Crippen LogP contribution in [0.15, 0.2) is 72.8 Å². The fourth-order valence-electron chi connectivity index (χ4n) is 6.22. The minimum Gasteiger partial charge on any atom is -0.462 e. The number of hydrogen-bond acceptors (Lipinski definition) is 6. The predicted molar refractivity (Wildman–Crippen MR) is 204 cm³/mol. The van der Waals surface area contributed by atoms with Gasteiger partial charge in [-0.3, -0.25) is 0 Å². The highest BCUT2D eigenvalue weighted by Gasteiger charge is 2.12. The molecule has 0 N–H and O–H groups in total. The summed E-state index contributed by atoms with van der Waals surface area (Å²) in [5, 5.41) is 3.82. The van der Waals surface area contributed by atoms with Crippen LogP contribution in [0.25, 0.3) is 21.5 Å². The third-order valence-electron chi connectivity index (χ3n) is 9.16. The van der Waals surface area contributed by atoms with Crippen molar-refractivity contribution in [2.45, 2.75) is 130 Å². The van der Waals surface area contributed by atoms with E-state index in [0.29, 0.717) is 35.8 Å². The van der Waals surface area contributed by atoms with Crippen LogP contribution in [0.3, 0.4) is 0 Å². The van der Waals surface area contributed by atoms with Crippen molar-refractivity contribution < 1.29 is 28.5 Å². The minimum atomic E-state index is -0.541. The van der Waals surface area contributed by atoms with E-state index in [4.69, 9.17) is 18.9 Å². The van der Waals surface area contributed by atoms with Gasteiger partial charge in [0.25, 0.3) is 0 Å². The fourth-order valence-corrected chi connectivity index (χ4v) is 6.22. The number of esters is 2. The molecule has 0 bridgehead atoms. The smallest absolute Gasteiger partial charge is 0.338 e. The van der Waals surface area contributed by atoms with Gasteiger partial charge in [0.15, 0.2) is 0 Å². The van der Waals surface area contributed by atoms with Gasteiger partial charge in [0.2, 0.25) is 6.29 Å². The normalized spacial score (nSPS) is 11.3. The highest BCUT2D eigenvalue weighted by Crippen LogP contribution is 2.26. The molecule has 6 nitrogen and oxygen atoms in total. The molecule has 4 aromatic carbocycles. The molecule has 0 aliphatic carbocycles. The Kier molecular flexibility index (Phi) is 17.0. The molecule has 0 radical (unpaired) electrons. The highest BCUT2D eigenvalue weighted by molar-refractivity contribution is 5.96. The van der Waals surface area contributed by atoms with E-state index in [1.807, 2.05) is 67.6 Å². The molecule has 0 atom stereocenters. The van der Waals surface area contributed by atoms with Crippen molar-refractivity contribution in [3.8, 4) is 11.5 Å². The number of fused-ring (bicyclic) bond motifs is 2. The molecule has 0 aliphatic rings. The maximum atomic E-state index is 12.6. The Labute approximate surface area is 299 Å². The summed E-state index contributed by atoms with van der Waals surface area (Å²) in [5.41, 5.74) is 1.11. The zero-order valence-corrected chi connectivity index (χ0v) is 30.7. The summed E-state index contributed by atoms with van der Waals surface area (Å²) in [4.78, 5) is 25.2. The van der Waals surface area contributed by atoms with Crippen molar-refractivity contribution in [1.82, 2.24) is 0 Å². The van der Waals surface area contributed by atoms with Gasteiger partial charge in [-0.2, -0.15) is 0 Å². The lowest BCUT2D eigenvalue weighted by atomic mass is 10.1. The lowest BCUT2D eigenvalue weighted by Gasteiger charge is -2.17. The molecule has 6 heteroatoms. The largest absolute Gasteiger partial charge is 0.462 e. The first-order valence-electron chi connectivity index (χ1n) is 19.2. The van der Waals surface area contributed by atoms with Gasteiger partial charge >= 0.3 is 11.9 Å². The fraction of sp³-hybridized carbons (Fsp3) is 0.500. The summed E-state index contributed by atoms with van der Waals surface area (Å²) in [7, 11) is 0. The van der Waals surface area contributed by atoms with Gasteiger partial charge in [-0.05, 0) is 82.9 Å². The summed E-state index contributed by atoms with van der Waals surface area (Å²) in [6, 6.07) is 22.7. The van der Waals surface area contributed by atoms with Crippen molar-refractivity contribution in [3.63, 3.8) is 0 Å². The monoisotopic (exact) mass is 682 g/mol. The van der Waals surface area contributed by atoms with E-state index in [0.717, 1.165) is 47.2 Å². The Bertz CT molecular complexity index is 1490. The molecule has 0 amide bonds. The minimum absolute atomic E-state index is 0.280. The summed E-state index contributed by atoms with van der Waals surface area (Å²) < 4.78 is 23.2. The van der Waals surface area contributed by atoms with Crippen LogP contribution < -0.4 is 9.47 Å². The number of hydrogen-bond donors (Lipinski definition) is 0. The molecule has 0 unspecified atom stereocenters. The molecular weight excluding hydrogens is 624 g/mol. The molecule has 4 aromatic rings. The van der Waals surface area contributed by atoms with E-state index in [1.165, 1.54) is 77.0 Å². The molecule has 0 aromatic heterocycles. The topological polar surface area (TPSA) is 71.1 Å². The van der Waals surface area contributed by atoms with E-state index in [-0.39, 0.29) is 11.9 Å². The van der Waals surface area contributed by atoms with Crippen molar-refractivity contribution in [3.05, 3.63) is 83.9 Å². The number of carbonyl (C=O) groups is 2. The molecule has 0 heterocycles. The van der Waals surface area contributed by atoms with Gasteiger partial charge in [-0.1, -0.05) is 128 Å². The summed E-state index contributed by atoms with van der Waals surface area (Å²) >= 11 is 0. The lowest BCUT2D eigenvalue weighted by molar-refractivity contribution is 0.0225. The van der Waals surface area contributed by atoms with E-state index in [1.54, 1.807) is 12.1 Å². The SMILES string of the molecule is CCCCCCCCCCOC(=O)c1ccc2cc(OC(C)Oc3ccc4cc(C(=O)OCCCCCCCCCC)ccc4c3)ccc2c1. The number of ether oxygens (including phenoxy) is 4. The van der Waals surface area contributed by atoms with Gasteiger partial charge in [-0.25, -0.2) is 9.59 Å². The second kappa shape index (κ2) is 21.9. The van der Waals surface area contributed by atoms with Crippen LogP contribution >= 0.6 is 0 Å². The first-order chi connectivity index (χ1) is 24.5. The van der Waals surface area contributed by atoms with Crippen molar-refractivity contribution in [2.24, 2.45) is 0 Å². The van der Waals surface area contributed by atoms with E-state index >= 15 is 0 Å². The number of benzene rings is 4. The molecule has 0 saturated carbocycles. The average molecular weight is 683 g/mol. The van der Waals surface area contributed by atoms with Crippen LogP contribution in [0, 0.1) is 0 Å². The molecule has 0 saturated heterocycles. The first-order valence-corrected chi connectivity index (χ1v) is 19.2. The Morgan fingerprint density at radius 3 is 1.20 bits per heavy atom. The second-order valence-corrected chi connectivity index (χ2v) is 13.5. The molecule has 270 valence electrons. The molecule has 0 spiro atoms. The standard InChI is InChI=1S/C44H58O6/c1-4-6-8-10-12-14-16-18-28-47-43(45)39-22-20-37-32-41(26-24-35(37)30-39)49-34(3)50-42-27-25-36-31-40(23-21-38(36)33-42)44(46)48-29-19-17-15-13-11-9-7-5-2/h20-27,30-34H,4-19,28-29H2,1-3H3. The van der Waals surface area contributed by atoms with Crippen molar-refractivity contribution >= 4 is 33.5 Å². The van der Waals surface area contributed by atoms with Gasteiger partial charge < -0.3 is 18.9 Å². The van der Waals surface area contributed by atoms with E-state index in [9.17, 15) is 9.59 Å². The molecule has 50 heavy (non-hydrogen) atoms. The third kappa shape index (κ3) is 13.3. The maximum Gasteiger partial charge on any atom is 0.338 e. The van der Waals surface area contributed by atoms with Crippen molar-refractivity contribution in [2.75, 3.05) is 13.2 Å². The third-order valence-corrected chi connectivity index (χ3v) is 9.16. The first kappa shape index (κ1) is 38.7. The Hall–Kier alpha value is -4.06. The van der Waals surface area contributed by atoms with Gasteiger partial charge in [0, 0.05) is 6.92 Å². The molecule has 0 aliphatic heterocycles. The van der Waals surface area contributed by atoms with Crippen LogP contribution in [0.4, 0.5) is 0 Å². The molecular formula is C44H58O6. The van der Waals surface area contributed by atoms with Gasteiger partial charge in [0.1, 0.15) is 11.5 Å². The van der Waals surface area contributed by atoms with Crippen LogP contribution in [-0.2, 0) is 9.47 Å². The second-order valence-electron chi connectivity index (χ2n) is 13.5. The number of rotatable bonds is 24. The number of carbonyl (C=O) groups excluding carboxylic acids is 2. The zero-order chi connectivity index (χ0) is 35.4. The highest BCUT2D eigenvalue weighted by atomic mass is 16.7. The van der Waals surface area contributed by atoms with Crippen LogP contribution in [0.5, 0.6) is 11.5 Å². The lowest BCUT2D eigenvalue weighted by Crippen LogP contribution is -2.19. The summed E-state index contributed by atoms with van der Waals surface area (Å²) in [6.45, 7) is 7.24. The van der Waals surface area contributed by atoms with E-state index in [2.05, 4.69) is 13.8 Å². The predicted octanol–water partition coefficient (Wildman–Crippen LogP) is 12.4. The zero-order valence-electron chi connectivity index (χ0n) is 30.7. The average Bonchev–Trinajstić information content (AvgIpc) is 3.12. The summed E-state index contributed by atoms with van der Waals surface area (Å²) in [5.74, 6) is 0.785. The van der Waals surface area contributed by atoms with Crippen LogP contribution in [-0.4, -0.2) is 31.4 Å². The Morgan fingerprint density at radius 2 is 0.800 bits per heavy atom. The summed E-state index contributed by atoms with van der Waals surface area (Å²) in [6.07, 6.45) is 18.8. The molecule has 0 fully saturated rings. The van der Waals surface area contributed by atoms with Crippen LogP contribution in [0.1, 0.15) is 144 Å². The van der Waals surface area contributed by atoms with Gasteiger partial charge in [0.05, 0.1) is 24.3 Å². The van der Waals surface area contributed by atoms with Crippen LogP contribution in [0.2, 0.25) is 0 Å². The van der Waals surface area contributed by atoms with Gasteiger partial charge in [-0.15, -0.1) is 0 Å². The Morgan fingerprint density at radius 1 is 0.460 bits per heavy atom. The Balaban J connectivity index is 1.19. The van der Waals surface area contributed by atoms with E-state index < -0.39 is 6.29 Å². The van der Waals surface area contributed by atoms with Crippen molar-refractivity contribution in [1.29, 1.82) is 0 Å². The molecule has 4 rings (SSSR count).